The lowest BCUT2D eigenvalue weighted by atomic mass is 10.0. The van der Waals surface area contributed by atoms with Crippen LogP contribution in [0.15, 0.2) is 30.3 Å². The Morgan fingerprint density at radius 1 is 0.844 bits per heavy atom. The van der Waals surface area contributed by atoms with E-state index in [0.717, 1.165) is 10.5 Å². The van der Waals surface area contributed by atoms with Gasteiger partial charge < -0.3 is 33.5 Å². The van der Waals surface area contributed by atoms with Crippen molar-refractivity contribution in [3.63, 3.8) is 0 Å². The van der Waals surface area contributed by atoms with Crippen LogP contribution in [0.3, 0.4) is 0 Å². The largest absolute Gasteiger partial charge is 0.445 e. The number of nitrogens with zero attached hydrogens (tertiary/aromatic N) is 3. The molecule has 0 N–H and O–H groups in total. The van der Waals surface area contributed by atoms with Crippen LogP contribution < -0.4 is 0 Å². The van der Waals surface area contributed by atoms with Crippen LogP contribution in [0, 0.1) is 0 Å². The van der Waals surface area contributed by atoms with Crippen LogP contribution in [0.4, 0.5) is 14.4 Å². The number of amides is 4. The first-order valence-corrected chi connectivity index (χ1v) is 15.7. The zero-order valence-electron chi connectivity index (χ0n) is 28.1. The van der Waals surface area contributed by atoms with Crippen LogP contribution in [0.5, 0.6) is 0 Å². The average Bonchev–Trinajstić information content (AvgIpc) is 3.29. The van der Waals surface area contributed by atoms with Gasteiger partial charge in [-0.05, 0) is 80.2 Å². The van der Waals surface area contributed by atoms with Gasteiger partial charge in [0, 0.05) is 26.2 Å². The summed E-state index contributed by atoms with van der Waals surface area (Å²) in [6, 6.07) is 8.51. The van der Waals surface area contributed by atoms with Crippen molar-refractivity contribution in [1.82, 2.24) is 14.7 Å². The molecule has 2 atom stereocenters. The summed E-state index contributed by atoms with van der Waals surface area (Å²) in [5.74, 6) is -1.46. The van der Waals surface area contributed by atoms with E-state index in [0.29, 0.717) is 25.8 Å². The maximum absolute atomic E-state index is 14.0. The summed E-state index contributed by atoms with van der Waals surface area (Å²) in [5, 5.41) is 0. The predicted molar refractivity (Wildman–Crippen MR) is 166 cm³/mol. The number of benzene rings is 1. The standard InChI is InChI=1S/C33H51N3O9/c1-31(2,3)44-28(38)34-17-12-13-19-35(29(39)41-22-24-15-10-9-11-16-24)25(26-23-42-33(7,8)43-26)21-27(37)36(20-14-18-34)30(40)45-32(4,5)6/h9-11,15-16,25-26H,12-14,17-23H2,1-8H3/t25-,26-/m0/s1. The first-order chi connectivity index (χ1) is 20.9. The van der Waals surface area contributed by atoms with Crippen molar-refractivity contribution in [2.75, 3.05) is 32.8 Å². The summed E-state index contributed by atoms with van der Waals surface area (Å²) in [7, 11) is 0. The van der Waals surface area contributed by atoms with E-state index in [1.165, 1.54) is 4.90 Å². The summed E-state index contributed by atoms with van der Waals surface area (Å²) in [6.45, 7) is 15.1. The molecular weight excluding hydrogens is 582 g/mol. The molecule has 2 saturated heterocycles. The minimum atomic E-state index is -0.923. The molecule has 12 heteroatoms. The van der Waals surface area contributed by atoms with E-state index >= 15 is 0 Å². The first-order valence-electron chi connectivity index (χ1n) is 15.7. The summed E-state index contributed by atoms with van der Waals surface area (Å²) in [6.07, 6.45) is -1.39. The van der Waals surface area contributed by atoms with Crippen molar-refractivity contribution < 1.29 is 42.9 Å². The van der Waals surface area contributed by atoms with Crippen LogP contribution in [0.25, 0.3) is 0 Å². The molecule has 252 valence electrons. The molecule has 2 aliphatic rings. The Morgan fingerprint density at radius 3 is 2.04 bits per heavy atom. The van der Waals surface area contributed by atoms with Gasteiger partial charge in [-0.15, -0.1) is 0 Å². The molecule has 1 aromatic rings. The normalized spacial score (nSPS) is 22.1. The van der Waals surface area contributed by atoms with Crippen molar-refractivity contribution in [3.8, 4) is 0 Å². The smallest absolute Gasteiger partial charge is 0.417 e. The van der Waals surface area contributed by atoms with Gasteiger partial charge in [0.1, 0.15) is 23.9 Å². The number of hydrogen-bond donors (Lipinski definition) is 0. The minimum absolute atomic E-state index is 0.00569. The van der Waals surface area contributed by atoms with Gasteiger partial charge in [0.15, 0.2) is 5.79 Å². The Hall–Kier alpha value is -3.38. The maximum Gasteiger partial charge on any atom is 0.417 e. The van der Waals surface area contributed by atoms with Crippen LogP contribution in [-0.2, 0) is 35.1 Å². The highest BCUT2D eigenvalue weighted by molar-refractivity contribution is 5.92. The molecule has 3 rings (SSSR count). The van der Waals surface area contributed by atoms with E-state index in [1.807, 2.05) is 30.3 Å². The highest BCUT2D eigenvalue weighted by Gasteiger charge is 2.44. The van der Waals surface area contributed by atoms with Crippen LogP contribution in [0.1, 0.15) is 86.6 Å². The molecule has 0 radical (unpaired) electrons. The zero-order valence-corrected chi connectivity index (χ0v) is 28.1. The third-order valence-corrected chi connectivity index (χ3v) is 7.14. The van der Waals surface area contributed by atoms with Crippen molar-refractivity contribution >= 4 is 24.2 Å². The second kappa shape index (κ2) is 15.3. The number of ether oxygens (including phenoxy) is 5. The molecule has 0 spiro atoms. The molecule has 2 fully saturated rings. The van der Waals surface area contributed by atoms with Crippen molar-refractivity contribution in [2.45, 2.75) is 117 Å². The van der Waals surface area contributed by atoms with E-state index in [-0.39, 0.29) is 39.3 Å². The molecule has 2 aliphatic heterocycles. The monoisotopic (exact) mass is 633 g/mol. The van der Waals surface area contributed by atoms with Gasteiger partial charge in [0.2, 0.25) is 5.91 Å². The van der Waals surface area contributed by atoms with E-state index < -0.39 is 53.3 Å². The van der Waals surface area contributed by atoms with Crippen molar-refractivity contribution in [1.29, 1.82) is 0 Å². The van der Waals surface area contributed by atoms with Gasteiger partial charge in [0.05, 0.1) is 19.1 Å². The molecule has 0 unspecified atom stereocenters. The van der Waals surface area contributed by atoms with Gasteiger partial charge >= 0.3 is 18.3 Å². The Bertz CT molecular complexity index is 1160. The summed E-state index contributed by atoms with van der Waals surface area (Å²) in [5.41, 5.74) is -0.726. The van der Waals surface area contributed by atoms with Crippen LogP contribution in [-0.4, -0.2) is 101 Å². The molecule has 0 saturated carbocycles. The lowest BCUT2D eigenvalue weighted by molar-refractivity contribution is -0.150. The topological polar surface area (TPSA) is 124 Å². The Balaban J connectivity index is 1.95. The first kappa shape index (κ1) is 36.1. The summed E-state index contributed by atoms with van der Waals surface area (Å²) < 4.78 is 29.0. The Morgan fingerprint density at radius 2 is 1.44 bits per heavy atom. The molecular formula is C33H51N3O9. The average molecular weight is 634 g/mol. The van der Waals surface area contributed by atoms with E-state index in [2.05, 4.69) is 0 Å². The SMILES string of the molecule is CC(C)(C)OC(=O)N1CCCCN(C(=O)OCc2ccccc2)[C@H]([C@@H]2COC(C)(C)O2)CC(=O)N(C(=O)OC(C)(C)C)CCC1. The second-order valence-electron chi connectivity index (χ2n) is 13.9. The predicted octanol–water partition coefficient (Wildman–Crippen LogP) is 5.72. The molecule has 45 heavy (non-hydrogen) atoms. The molecule has 0 bridgehead atoms. The van der Waals surface area contributed by atoms with Gasteiger partial charge in [-0.3, -0.25) is 4.79 Å². The highest BCUT2D eigenvalue weighted by Crippen LogP contribution is 2.29. The Kier molecular flexibility index (Phi) is 12.2. The number of imide groups is 1. The zero-order chi connectivity index (χ0) is 33.4. The minimum Gasteiger partial charge on any atom is -0.445 e. The van der Waals surface area contributed by atoms with Crippen LogP contribution in [0.2, 0.25) is 0 Å². The van der Waals surface area contributed by atoms with E-state index in [1.54, 1.807) is 60.3 Å². The fourth-order valence-electron chi connectivity index (χ4n) is 5.09. The maximum atomic E-state index is 14.0. The number of hydrogen-bond acceptors (Lipinski definition) is 9. The third kappa shape index (κ3) is 11.8. The second-order valence-corrected chi connectivity index (χ2v) is 13.9. The fraction of sp³-hybridized carbons (Fsp3) is 0.697. The molecule has 12 nitrogen and oxygen atoms in total. The number of carbonyl (C=O) groups excluding carboxylic acids is 4. The molecule has 0 aromatic heterocycles. The van der Waals surface area contributed by atoms with Gasteiger partial charge in [0.25, 0.3) is 0 Å². The fourth-order valence-corrected chi connectivity index (χ4v) is 5.09. The van der Waals surface area contributed by atoms with Crippen LogP contribution >= 0.6 is 0 Å². The van der Waals surface area contributed by atoms with Crippen molar-refractivity contribution in [2.24, 2.45) is 0 Å². The van der Waals surface area contributed by atoms with E-state index in [9.17, 15) is 19.2 Å². The highest BCUT2D eigenvalue weighted by atomic mass is 16.7. The van der Waals surface area contributed by atoms with Gasteiger partial charge in [-0.2, -0.15) is 0 Å². The molecule has 1 aromatic carbocycles. The number of carbonyl (C=O) groups is 4. The summed E-state index contributed by atoms with van der Waals surface area (Å²) >= 11 is 0. The van der Waals surface area contributed by atoms with Gasteiger partial charge in [-0.1, -0.05) is 30.3 Å². The molecule has 2 heterocycles. The molecule has 0 aliphatic carbocycles. The van der Waals surface area contributed by atoms with E-state index in [4.69, 9.17) is 23.7 Å². The van der Waals surface area contributed by atoms with Crippen molar-refractivity contribution in [3.05, 3.63) is 35.9 Å². The number of rotatable bonds is 3. The third-order valence-electron chi connectivity index (χ3n) is 7.14. The summed E-state index contributed by atoms with van der Waals surface area (Å²) in [4.78, 5) is 58.2. The Labute approximate surface area is 267 Å². The molecule has 4 amide bonds. The lowest BCUT2D eigenvalue weighted by Gasteiger charge is -2.35. The quantitative estimate of drug-likeness (QED) is 0.385. The lowest BCUT2D eigenvalue weighted by Crippen LogP contribution is -2.52. The van der Waals surface area contributed by atoms with Gasteiger partial charge in [-0.25, -0.2) is 19.3 Å².